The monoisotopic (exact) mass is 396 g/mol. The van der Waals surface area contributed by atoms with E-state index < -0.39 is 0 Å². The van der Waals surface area contributed by atoms with Crippen LogP contribution in [-0.4, -0.2) is 42.3 Å². The van der Waals surface area contributed by atoms with Crippen molar-refractivity contribution in [2.75, 3.05) is 31.3 Å². The zero-order chi connectivity index (χ0) is 19.9. The van der Waals surface area contributed by atoms with E-state index >= 15 is 0 Å². The van der Waals surface area contributed by atoms with Crippen molar-refractivity contribution >= 4 is 23.4 Å². The van der Waals surface area contributed by atoms with Crippen molar-refractivity contribution < 1.29 is 9.21 Å². The largest absolute Gasteiger partial charge is 0.461 e. The first-order chi connectivity index (χ1) is 13.6. The number of aromatic nitrogens is 2. The molecule has 7 heteroatoms. The molecule has 146 valence electrons. The van der Waals surface area contributed by atoms with Crippen LogP contribution in [0.25, 0.3) is 11.6 Å². The van der Waals surface area contributed by atoms with Crippen LogP contribution in [0.15, 0.2) is 58.2 Å². The lowest BCUT2D eigenvalue weighted by molar-refractivity contribution is 0.0948. The van der Waals surface area contributed by atoms with Gasteiger partial charge in [0.25, 0.3) is 5.91 Å². The highest BCUT2D eigenvalue weighted by Crippen LogP contribution is 2.25. The molecular weight excluding hydrogens is 372 g/mol. The summed E-state index contributed by atoms with van der Waals surface area (Å²) in [7, 11) is 2.05. The van der Waals surface area contributed by atoms with Crippen molar-refractivity contribution in [3.05, 3.63) is 60.0 Å². The molecule has 2 aromatic heterocycles. The van der Waals surface area contributed by atoms with Crippen molar-refractivity contribution in [1.82, 2.24) is 15.3 Å². The summed E-state index contributed by atoms with van der Waals surface area (Å²) in [5, 5.41) is 3.64. The van der Waals surface area contributed by atoms with Crippen molar-refractivity contribution in [2.45, 2.75) is 18.4 Å². The van der Waals surface area contributed by atoms with Crippen LogP contribution in [0, 0.1) is 6.92 Å². The molecule has 6 nitrogen and oxygen atoms in total. The fourth-order valence-electron chi connectivity index (χ4n) is 2.89. The lowest BCUT2D eigenvalue weighted by Gasteiger charge is -2.19. The SMILES string of the molecule is CSc1nc(-c2ccco2)nc(C)c1C(=O)NCCCN(C)c1ccccc1. The number of benzene rings is 1. The summed E-state index contributed by atoms with van der Waals surface area (Å²) in [4.78, 5) is 23.8. The molecule has 28 heavy (non-hydrogen) atoms. The average molecular weight is 397 g/mol. The van der Waals surface area contributed by atoms with Gasteiger partial charge in [0, 0.05) is 25.8 Å². The molecule has 0 unspecified atom stereocenters. The van der Waals surface area contributed by atoms with E-state index in [1.807, 2.05) is 44.5 Å². The van der Waals surface area contributed by atoms with Crippen LogP contribution in [-0.2, 0) is 0 Å². The second-order valence-electron chi connectivity index (χ2n) is 6.36. The summed E-state index contributed by atoms with van der Waals surface area (Å²) in [5.74, 6) is 0.942. The third kappa shape index (κ3) is 4.72. The Hall–Kier alpha value is -2.80. The highest BCUT2D eigenvalue weighted by atomic mass is 32.2. The van der Waals surface area contributed by atoms with Crippen LogP contribution in [0.3, 0.4) is 0 Å². The molecule has 0 radical (unpaired) electrons. The molecule has 1 amide bonds. The molecule has 3 rings (SSSR count). The molecule has 0 aliphatic heterocycles. The number of hydrogen-bond donors (Lipinski definition) is 1. The standard InChI is InChI=1S/C21H24N4O2S/c1-15-18(21(28-3)24-19(23-15)17-11-7-14-27-17)20(26)22-12-8-13-25(2)16-9-5-4-6-10-16/h4-7,9-11,14H,8,12-13H2,1-3H3,(H,22,26). The Bertz CT molecular complexity index is 914. The number of nitrogens with zero attached hydrogens (tertiary/aromatic N) is 3. The maximum Gasteiger partial charge on any atom is 0.255 e. The number of aryl methyl sites for hydroxylation is 1. The van der Waals surface area contributed by atoms with Crippen LogP contribution in [0.4, 0.5) is 5.69 Å². The molecule has 1 N–H and O–H groups in total. The zero-order valence-electron chi connectivity index (χ0n) is 16.3. The molecule has 0 aliphatic carbocycles. The van der Waals surface area contributed by atoms with Gasteiger partial charge in [-0.15, -0.1) is 11.8 Å². The molecule has 0 atom stereocenters. The first kappa shape index (κ1) is 19.9. The third-order valence-corrected chi connectivity index (χ3v) is 5.05. The normalized spacial score (nSPS) is 10.7. The number of amides is 1. The fraction of sp³-hybridized carbons (Fsp3) is 0.286. The average Bonchev–Trinajstić information content (AvgIpc) is 3.25. The first-order valence-electron chi connectivity index (χ1n) is 9.11. The van der Waals surface area contributed by atoms with E-state index in [9.17, 15) is 4.79 Å². The quantitative estimate of drug-likeness (QED) is 0.352. The molecular formula is C21H24N4O2S. The number of para-hydroxylation sites is 1. The van der Waals surface area contributed by atoms with Crippen molar-refractivity contribution in [2.24, 2.45) is 0 Å². The highest BCUT2D eigenvalue weighted by Gasteiger charge is 2.19. The lowest BCUT2D eigenvalue weighted by atomic mass is 10.2. The van der Waals surface area contributed by atoms with Gasteiger partial charge >= 0.3 is 0 Å². The first-order valence-corrected chi connectivity index (χ1v) is 10.3. The van der Waals surface area contributed by atoms with Gasteiger partial charge in [0.2, 0.25) is 0 Å². The maximum atomic E-state index is 12.7. The Morgan fingerprint density at radius 1 is 1.18 bits per heavy atom. The predicted molar refractivity (Wildman–Crippen MR) is 113 cm³/mol. The molecule has 0 aliphatic rings. The number of rotatable bonds is 8. The Balaban J connectivity index is 1.61. The number of anilines is 1. The third-order valence-electron chi connectivity index (χ3n) is 4.37. The van der Waals surface area contributed by atoms with Crippen LogP contribution in [0.1, 0.15) is 22.5 Å². The number of nitrogens with one attached hydrogen (secondary N) is 1. The summed E-state index contributed by atoms with van der Waals surface area (Å²) in [6.07, 6.45) is 4.33. The molecule has 1 aromatic carbocycles. The minimum Gasteiger partial charge on any atom is -0.461 e. The molecule has 0 spiro atoms. The van der Waals surface area contributed by atoms with E-state index in [-0.39, 0.29) is 5.91 Å². The van der Waals surface area contributed by atoms with Crippen LogP contribution in [0.5, 0.6) is 0 Å². The Kier molecular flexibility index (Phi) is 6.71. The van der Waals surface area contributed by atoms with E-state index in [2.05, 4.69) is 32.3 Å². The van der Waals surface area contributed by atoms with E-state index in [0.717, 1.165) is 18.7 Å². The summed E-state index contributed by atoms with van der Waals surface area (Å²) in [6.45, 7) is 3.27. The van der Waals surface area contributed by atoms with Gasteiger partial charge in [-0.05, 0) is 43.9 Å². The second kappa shape index (κ2) is 9.41. The minimum absolute atomic E-state index is 0.143. The van der Waals surface area contributed by atoms with Crippen molar-refractivity contribution in [3.8, 4) is 11.6 Å². The summed E-state index contributed by atoms with van der Waals surface area (Å²) >= 11 is 1.43. The second-order valence-corrected chi connectivity index (χ2v) is 7.16. The van der Waals surface area contributed by atoms with Gasteiger partial charge in [0.05, 0.1) is 17.5 Å². The highest BCUT2D eigenvalue weighted by molar-refractivity contribution is 7.98. The molecule has 3 aromatic rings. The fourth-order valence-corrected chi connectivity index (χ4v) is 3.51. The van der Waals surface area contributed by atoms with Gasteiger partial charge in [-0.2, -0.15) is 0 Å². The smallest absolute Gasteiger partial charge is 0.255 e. The van der Waals surface area contributed by atoms with E-state index in [0.29, 0.717) is 34.4 Å². The summed E-state index contributed by atoms with van der Waals surface area (Å²) in [5.41, 5.74) is 2.33. The number of thioether (sulfide) groups is 1. The Morgan fingerprint density at radius 3 is 2.64 bits per heavy atom. The van der Waals surface area contributed by atoms with Crippen LogP contribution in [0.2, 0.25) is 0 Å². The molecule has 0 saturated carbocycles. The van der Waals surface area contributed by atoms with E-state index in [1.165, 1.54) is 11.8 Å². The number of furan rings is 1. The predicted octanol–water partition coefficient (Wildman–Crippen LogP) is 4.02. The van der Waals surface area contributed by atoms with Gasteiger partial charge in [-0.3, -0.25) is 4.79 Å². The van der Waals surface area contributed by atoms with Crippen molar-refractivity contribution in [1.29, 1.82) is 0 Å². The molecule has 0 bridgehead atoms. The number of hydrogen-bond acceptors (Lipinski definition) is 6. The van der Waals surface area contributed by atoms with Crippen LogP contribution < -0.4 is 10.2 Å². The van der Waals surface area contributed by atoms with Crippen LogP contribution >= 0.6 is 11.8 Å². The molecule has 0 saturated heterocycles. The van der Waals surface area contributed by atoms with Gasteiger partial charge in [-0.1, -0.05) is 18.2 Å². The van der Waals surface area contributed by atoms with E-state index in [1.54, 1.807) is 12.3 Å². The number of carbonyl (C=O) groups excluding carboxylic acids is 1. The molecule has 0 fully saturated rings. The summed E-state index contributed by atoms with van der Waals surface area (Å²) < 4.78 is 5.37. The van der Waals surface area contributed by atoms with Crippen molar-refractivity contribution in [3.63, 3.8) is 0 Å². The van der Waals surface area contributed by atoms with Gasteiger partial charge in [0.1, 0.15) is 5.03 Å². The maximum absolute atomic E-state index is 12.7. The zero-order valence-corrected chi connectivity index (χ0v) is 17.1. The Labute approximate surface area is 169 Å². The topological polar surface area (TPSA) is 71.3 Å². The van der Waals surface area contributed by atoms with Gasteiger partial charge < -0.3 is 14.6 Å². The minimum atomic E-state index is -0.143. The molecule has 2 heterocycles. The number of carbonyl (C=O) groups is 1. The summed E-state index contributed by atoms with van der Waals surface area (Å²) in [6, 6.07) is 13.8. The van der Waals surface area contributed by atoms with E-state index in [4.69, 9.17) is 4.42 Å². The van der Waals surface area contributed by atoms with Gasteiger partial charge in [0.15, 0.2) is 11.6 Å². The Morgan fingerprint density at radius 2 is 1.96 bits per heavy atom. The van der Waals surface area contributed by atoms with Gasteiger partial charge in [-0.25, -0.2) is 9.97 Å². The lowest BCUT2D eigenvalue weighted by Crippen LogP contribution is -2.29.